The van der Waals surface area contributed by atoms with Crippen LogP contribution >= 0.6 is 0 Å². The Hall–Kier alpha value is -1.29. The van der Waals surface area contributed by atoms with Gasteiger partial charge in [-0.1, -0.05) is 6.92 Å². The van der Waals surface area contributed by atoms with E-state index < -0.39 is 0 Å². The van der Waals surface area contributed by atoms with Gasteiger partial charge in [0.1, 0.15) is 5.69 Å². The minimum atomic E-state index is -0.260. The van der Waals surface area contributed by atoms with Gasteiger partial charge < -0.3 is 14.6 Å². The van der Waals surface area contributed by atoms with E-state index >= 15 is 0 Å². The molecular weight excluding hydrogens is 228 g/mol. The minimum absolute atomic E-state index is 0.116. The fraction of sp³-hybridized carbons (Fsp3) is 0.643. The van der Waals surface area contributed by atoms with Gasteiger partial charge in [0.25, 0.3) is 5.91 Å². The van der Waals surface area contributed by atoms with Gasteiger partial charge in [0, 0.05) is 25.3 Å². The Balaban J connectivity index is 1.75. The Morgan fingerprint density at radius 2 is 2.17 bits per heavy atom. The van der Waals surface area contributed by atoms with Gasteiger partial charge in [-0.25, -0.2) is 0 Å². The van der Waals surface area contributed by atoms with E-state index in [1.807, 2.05) is 30.2 Å². The predicted molar refractivity (Wildman–Crippen MR) is 68.4 cm³/mol. The number of piperidine rings is 1. The Labute approximate surface area is 107 Å². The molecule has 2 atom stereocenters. The van der Waals surface area contributed by atoms with E-state index in [0.717, 1.165) is 5.69 Å². The number of carbonyl (C=O) groups excluding carboxylic acids is 1. The van der Waals surface area contributed by atoms with E-state index in [2.05, 4.69) is 4.57 Å². The SMILES string of the molecule is CC1CN(C(=O)c2cccn2C2CC2)CCC1O. The highest BCUT2D eigenvalue weighted by molar-refractivity contribution is 5.93. The van der Waals surface area contributed by atoms with Crippen LogP contribution in [0.5, 0.6) is 0 Å². The van der Waals surface area contributed by atoms with E-state index in [1.54, 1.807) is 0 Å². The van der Waals surface area contributed by atoms with Gasteiger partial charge in [-0.15, -0.1) is 0 Å². The lowest BCUT2D eigenvalue weighted by atomic mass is 9.96. The Bertz CT molecular complexity index is 450. The molecule has 1 aromatic rings. The van der Waals surface area contributed by atoms with Gasteiger partial charge in [-0.3, -0.25) is 4.79 Å². The van der Waals surface area contributed by atoms with Crippen LogP contribution in [0.1, 0.15) is 42.7 Å². The molecule has 2 heterocycles. The van der Waals surface area contributed by atoms with Crippen LogP contribution < -0.4 is 0 Å². The maximum Gasteiger partial charge on any atom is 0.270 e. The number of aliphatic hydroxyl groups excluding tert-OH is 1. The molecule has 1 aliphatic heterocycles. The summed E-state index contributed by atoms with van der Waals surface area (Å²) in [5, 5.41) is 9.72. The molecule has 2 unspecified atom stereocenters. The molecule has 4 heteroatoms. The molecule has 1 amide bonds. The number of hydrogen-bond acceptors (Lipinski definition) is 2. The minimum Gasteiger partial charge on any atom is -0.393 e. The van der Waals surface area contributed by atoms with Crippen LogP contribution in [0.2, 0.25) is 0 Å². The van der Waals surface area contributed by atoms with Crippen molar-refractivity contribution in [3.05, 3.63) is 24.0 Å². The molecule has 1 aliphatic carbocycles. The topological polar surface area (TPSA) is 45.5 Å². The summed E-state index contributed by atoms with van der Waals surface area (Å²) in [6.07, 6.45) is 4.81. The van der Waals surface area contributed by atoms with Crippen molar-refractivity contribution in [2.45, 2.75) is 38.3 Å². The number of hydrogen-bond donors (Lipinski definition) is 1. The first-order chi connectivity index (χ1) is 8.66. The van der Waals surface area contributed by atoms with Gasteiger partial charge in [-0.2, -0.15) is 0 Å². The lowest BCUT2D eigenvalue weighted by molar-refractivity contribution is 0.0291. The van der Waals surface area contributed by atoms with Crippen molar-refractivity contribution in [2.75, 3.05) is 13.1 Å². The molecule has 1 saturated heterocycles. The third-order valence-corrected chi connectivity index (χ3v) is 4.09. The average molecular weight is 248 g/mol. The van der Waals surface area contributed by atoms with Crippen molar-refractivity contribution in [3.8, 4) is 0 Å². The third-order valence-electron chi connectivity index (χ3n) is 4.09. The summed E-state index contributed by atoms with van der Waals surface area (Å²) in [6, 6.07) is 4.40. The van der Waals surface area contributed by atoms with Gasteiger partial charge in [-0.05, 0) is 37.3 Å². The molecule has 2 fully saturated rings. The highest BCUT2D eigenvalue weighted by Crippen LogP contribution is 2.36. The zero-order chi connectivity index (χ0) is 12.7. The summed E-state index contributed by atoms with van der Waals surface area (Å²) in [6.45, 7) is 3.33. The molecule has 3 rings (SSSR count). The van der Waals surface area contributed by atoms with Crippen LogP contribution in [0.25, 0.3) is 0 Å². The van der Waals surface area contributed by atoms with Crippen molar-refractivity contribution in [2.24, 2.45) is 5.92 Å². The van der Waals surface area contributed by atoms with Crippen LogP contribution in [0, 0.1) is 5.92 Å². The fourth-order valence-corrected chi connectivity index (χ4v) is 2.73. The average Bonchev–Trinajstić information content (AvgIpc) is 3.09. The highest BCUT2D eigenvalue weighted by Gasteiger charge is 2.31. The van der Waals surface area contributed by atoms with E-state index in [1.165, 1.54) is 12.8 Å². The summed E-state index contributed by atoms with van der Waals surface area (Å²) in [5.74, 6) is 0.290. The van der Waals surface area contributed by atoms with Crippen molar-refractivity contribution in [1.29, 1.82) is 0 Å². The zero-order valence-electron chi connectivity index (χ0n) is 10.7. The molecule has 0 spiro atoms. The quantitative estimate of drug-likeness (QED) is 0.865. The number of amides is 1. The monoisotopic (exact) mass is 248 g/mol. The number of nitrogens with zero attached hydrogens (tertiary/aromatic N) is 2. The van der Waals surface area contributed by atoms with Gasteiger partial charge >= 0.3 is 0 Å². The summed E-state index contributed by atoms with van der Waals surface area (Å²) in [5.41, 5.74) is 0.807. The fourth-order valence-electron chi connectivity index (χ4n) is 2.73. The molecule has 0 bridgehead atoms. The third kappa shape index (κ3) is 2.05. The first-order valence-corrected chi connectivity index (χ1v) is 6.81. The van der Waals surface area contributed by atoms with Gasteiger partial charge in [0.2, 0.25) is 0 Å². The second-order valence-electron chi connectivity index (χ2n) is 5.62. The second-order valence-corrected chi connectivity index (χ2v) is 5.62. The Morgan fingerprint density at radius 3 is 2.83 bits per heavy atom. The van der Waals surface area contributed by atoms with Gasteiger partial charge in [0.15, 0.2) is 0 Å². The lowest BCUT2D eigenvalue weighted by Gasteiger charge is -2.34. The first-order valence-electron chi connectivity index (χ1n) is 6.81. The number of aliphatic hydroxyl groups is 1. The molecule has 18 heavy (non-hydrogen) atoms. The van der Waals surface area contributed by atoms with E-state index in [0.29, 0.717) is 25.6 Å². The van der Waals surface area contributed by atoms with E-state index in [4.69, 9.17) is 0 Å². The maximum absolute atomic E-state index is 12.5. The molecule has 2 aliphatic rings. The van der Waals surface area contributed by atoms with Crippen LogP contribution in [-0.4, -0.2) is 39.7 Å². The van der Waals surface area contributed by atoms with Crippen LogP contribution in [-0.2, 0) is 0 Å². The van der Waals surface area contributed by atoms with E-state index in [9.17, 15) is 9.90 Å². The molecule has 1 N–H and O–H groups in total. The smallest absolute Gasteiger partial charge is 0.270 e. The second kappa shape index (κ2) is 4.43. The summed E-state index contributed by atoms with van der Waals surface area (Å²) in [7, 11) is 0. The highest BCUT2D eigenvalue weighted by atomic mass is 16.3. The van der Waals surface area contributed by atoms with Gasteiger partial charge in [0.05, 0.1) is 6.10 Å². The lowest BCUT2D eigenvalue weighted by Crippen LogP contribution is -2.45. The molecule has 0 radical (unpaired) electrons. The van der Waals surface area contributed by atoms with Crippen LogP contribution in [0.3, 0.4) is 0 Å². The maximum atomic E-state index is 12.5. The normalized spacial score (nSPS) is 28.4. The number of rotatable bonds is 2. The molecule has 98 valence electrons. The van der Waals surface area contributed by atoms with Crippen molar-refractivity contribution >= 4 is 5.91 Å². The number of likely N-dealkylation sites (tertiary alicyclic amines) is 1. The Kier molecular flexibility index (Phi) is 2.90. The van der Waals surface area contributed by atoms with E-state index in [-0.39, 0.29) is 17.9 Å². The molecule has 0 aromatic carbocycles. The number of carbonyl (C=O) groups is 1. The zero-order valence-corrected chi connectivity index (χ0v) is 10.7. The number of aromatic nitrogens is 1. The van der Waals surface area contributed by atoms with Crippen molar-refractivity contribution < 1.29 is 9.90 Å². The van der Waals surface area contributed by atoms with Crippen LogP contribution in [0.15, 0.2) is 18.3 Å². The first kappa shape index (κ1) is 11.8. The summed E-state index contributed by atoms with van der Waals surface area (Å²) < 4.78 is 2.11. The van der Waals surface area contributed by atoms with Crippen molar-refractivity contribution in [1.82, 2.24) is 9.47 Å². The molecule has 1 saturated carbocycles. The van der Waals surface area contributed by atoms with Crippen molar-refractivity contribution in [3.63, 3.8) is 0 Å². The summed E-state index contributed by atoms with van der Waals surface area (Å²) >= 11 is 0. The standard InChI is InChI=1S/C14H20N2O2/c1-10-9-15(8-6-13(10)17)14(18)12-3-2-7-16(12)11-4-5-11/h2-3,7,10-11,13,17H,4-6,8-9H2,1H3. The summed E-state index contributed by atoms with van der Waals surface area (Å²) in [4.78, 5) is 14.4. The Morgan fingerprint density at radius 1 is 1.39 bits per heavy atom. The molecule has 1 aromatic heterocycles. The largest absolute Gasteiger partial charge is 0.393 e. The van der Waals surface area contributed by atoms with Crippen LogP contribution in [0.4, 0.5) is 0 Å². The predicted octanol–water partition coefficient (Wildman–Crippen LogP) is 1.67. The molecule has 4 nitrogen and oxygen atoms in total. The molecular formula is C14H20N2O2.